The van der Waals surface area contributed by atoms with E-state index in [0.717, 1.165) is 0 Å². The Morgan fingerprint density at radius 3 is 3.00 bits per heavy atom. The summed E-state index contributed by atoms with van der Waals surface area (Å²) in [5.74, 6) is -0.571. The minimum Gasteiger partial charge on any atom is -0.452 e. The van der Waals surface area contributed by atoms with Gasteiger partial charge in [0.15, 0.2) is 17.0 Å². The number of hydrogen-bond acceptors (Lipinski definition) is 8. The van der Waals surface area contributed by atoms with Crippen LogP contribution in [0.25, 0.3) is 0 Å². The minimum atomic E-state index is -0.674. The summed E-state index contributed by atoms with van der Waals surface area (Å²) in [6.45, 7) is 0.396. The van der Waals surface area contributed by atoms with Crippen molar-refractivity contribution in [3.05, 3.63) is 16.4 Å². The average Bonchev–Trinajstić information content (AvgIpc) is 3.04. The summed E-state index contributed by atoms with van der Waals surface area (Å²) in [5, 5.41) is 10.1. The van der Waals surface area contributed by atoms with Crippen molar-refractivity contribution in [3.8, 4) is 0 Å². The molecule has 0 aliphatic carbocycles. The smallest absolute Gasteiger partial charge is 0.358 e. The highest BCUT2D eigenvalue weighted by atomic mass is 79.9. The maximum atomic E-state index is 12.2. The standard InChI is InChI=1S/C12H13BrN2O5S/c1-21-12-14-2-5(13)8(15-12)11(17)20-7-4-19-9-6(16)3-18-10(7)9/h2,6-7,9-10,16H,3-4H2,1H3/t6-,7?,9+,10+/m0/s1. The van der Waals surface area contributed by atoms with E-state index in [0.29, 0.717) is 9.63 Å². The maximum Gasteiger partial charge on any atom is 0.358 e. The Hall–Kier alpha value is -0.740. The Bertz CT molecular complexity index is 560. The zero-order valence-electron chi connectivity index (χ0n) is 11.1. The lowest BCUT2D eigenvalue weighted by Crippen LogP contribution is -2.34. The van der Waals surface area contributed by atoms with E-state index in [-0.39, 0.29) is 18.9 Å². The van der Waals surface area contributed by atoms with Crippen LogP contribution in [0.15, 0.2) is 15.8 Å². The van der Waals surface area contributed by atoms with Crippen molar-refractivity contribution in [2.24, 2.45) is 0 Å². The van der Waals surface area contributed by atoms with Crippen LogP contribution in [-0.4, -0.2) is 64.9 Å². The van der Waals surface area contributed by atoms with E-state index in [1.165, 1.54) is 18.0 Å². The summed E-state index contributed by atoms with van der Waals surface area (Å²) in [5.41, 5.74) is 0.163. The van der Waals surface area contributed by atoms with Crippen LogP contribution in [0.4, 0.5) is 0 Å². The molecule has 1 aromatic rings. The van der Waals surface area contributed by atoms with Crippen LogP contribution in [0.5, 0.6) is 0 Å². The number of hydrogen-bond donors (Lipinski definition) is 1. The van der Waals surface area contributed by atoms with E-state index in [4.69, 9.17) is 14.2 Å². The molecule has 4 atom stereocenters. The molecule has 1 N–H and O–H groups in total. The molecule has 1 unspecified atom stereocenters. The summed E-state index contributed by atoms with van der Waals surface area (Å²) in [7, 11) is 0. The Morgan fingerprint density at radius 2 is 2.24 bits per heavy atom. The Kier molecular flexibility index (Phi) is 4.46. The van der Waals surface area contributed by atoms with Crippen LogP contribution in [0.1, 0.15) is 10.5 Å². The van der Waals surface area contributed by atoms with Gasteiger partial charge in [0, 0.05) is 6.20 Å². The highest BCUT2D eigenvalue weighted by Crippen LogP contribution is 2.29. The van der Waals surface area contributed by atoms with E-state index < -0.39 is 30.4 Å². The molecule has 3 heterocycles. The summed E-state index contributed by atoms with van der Waals surface area (Å²) in [4.78, 5) is 20.4. The van der Waals surface area contributed by atoms with Crippen molar-refractivity contribution in [1.29, 1.82) is 0 Å². The first-order valence-corrected chi connectivity index (χ1v) is 8.30. The zero-order valence-corrected chi connectivity index (χ0v) is 13.5. The van der Waals surface area contributed by atoms with Crippen molar-refractivity contribution in [3.63, 3.8) is 0 Å². The molecule has 0 bridgehead atoms. The molecule has 2 aliphatic rings. The largest absolute Gasteiger partial charge is 0.452 e. The topological polar surface area (TPSA) is 90.8 Å². The third-order valence-electron chi connectivity index (χ3n) is 3.34. The van der Waals surface area contributed by atoms with Gasteiger partial charge in [0.2, 0.25) is 0 Å². The molecular formula is C12H13BrN2O5S. The molecule has 0 aromatic carbocycles. The second kappa shape index (κ2) is 6.17. The fraction of sp³-hybridized carbons (Fsp3) is 0.583. The van der Waals surface area contributed by atoms with Crippen LogP contribution in [0.2, 0.25) is 0 Å². The molecule has 7 nitrogen and oxygen atoms in total. The zero-order chi connectivity index (χ0) is 15.0. The van der Waals surface area contributed by atoms with Crippen molar-refractivity contribution in [1.82, 2.24) is 9.97 Å². The Labute approximate surface area is 133 Å². The predicted molar refractivity (Wildman–Crippen MR) is 76.2 cm³/mol. The van der Waals surface area contributed by atoms with Crippen molar-refractivity contribution in [2.45, 2.75) is 29.6 Å². The first kappa shape index (κ1) is 15.2. The van der Waals surface area contributed by atoms with Gasteiger partial charge in [-0.1, -0.05) is 11.8 Å². The molecule has 3 rings (SSSR count). The number of aliphatic hydroxyl groups excluding tert-OH is 1. The lowest BCUT2D eigenvalue weighted by atomic mass is 10.1. The van der Waals surface area contributed by atoms with Gasteiger partial charge in [-0.15, -0.1) is 0 Å². The normalized spacial score (nSPS) is 31.2. The van der Waals surface area contributed by atoms with Gasteiger partial charge < -0.3 is 19.3 Å². The van der Waals surface area contributed by atoms with Crippen LogP contribution in [0.3, 0.4) is 0 Å². The SMILES string of the molecule is CSc1ncc(Br)c(C(=O)OC2CO[C@H]3[C@@H]2OC[C@@H]3O)n1. The van der Waals surface area contributed by atoms with Crippen LogP contribution >= 0.6 is 27.7 Å². The van der Waals surface area contributed by atoms with Crippen LogP contribution in [0, 0.1) is 0 Å². The summed E-state index contributed by atoms with van der Waals surface area (Å²) < 4.78 is 16.7. The molecule has 0 spiro atoms. The molecule has 2 aliphatic heterocycles. The van der Waals surface area contributed by atoms with Crippen molar-refractivity contribution >= 4 is 33.7 Å². The first-order chi connectivity index (χ1) is 10.1. The number of aromatic nitrogens is 2. The molecule has 0 radical (unpaired) electrons. The molecule has 1 aromatic heterocycles. The predicted octanol–water partition coefficient (Wildman–Crippen LogP) is 0.645. The van der Waals surface area contributed by atoms with Crippen molar-refractivity contribution < 1.29 is 24.1 Å². The number of carbonyl (C=O) groups excluding carboxylic acids is 1. The number of aliphatic hydroxyl groups is 1. The second-order valence-corrected chi connectivity index (χ2v) is 6.29. The van der Waals surface area contributed by atoms with Gasteiger partial charge in [-0.05, 0) is 22.2 Å². The van der Waals surface area contributed by atoms with Gasteiger partial charge in [-0.3, -0.25) is 0 Å². The Morgan fingerprint density at radius 1 is 1.48 bits per heavy atom. The highest BCUT2D eigenvalue weighted by Gasteiger charge is 2.49. The highest BCUT2D eigenvalue weighted by molar-refractivity contribution is 9.10. The number of halogens is 1. The van der Waals surface area contributed by atoms with E-state index in [9.17, 15) is 9.90 Å². The number of nitrogens with zero attached hydrogens (tertiary/aromatic N) is 2. The molecule has 2 saturated heterocycles. The van der Waals surface area contributed by atoms with Gasteiger partial charge in [-0.25, -0.2) is 14.8 Å². The number of fused-ring (bicyclic) bond motifs is 1. The van der Waals surface area contributed by atoms with E-state index in [1.54, 1.807) is 0 Å². The number of carbonyl (C=O) groups is 1. The quantitative estimate of drug-likeness (QED) is 0.467. The third-order valence-corrected chi connectivity index (χ3v) is 4.48. The number of ether oxygens (including phenoxy) is 3. The molecule has 2 fully saturated rings. The maximum absolute atomic E-state index is 12.2. The average molecular weight is 377 g/mol. The fourth-order valence-corrected chi connectivity index (χ4v) is 3.02. The lowest BCUT2D eigenvalue weighted by Gasteiger charge is -2.16. The monoisotopic (exact) mass is 376 g/mol. The van der Waals surface area contributed by atoms with Gasteiger partial charge in [-0.2, -0.15) is 0 Å². The first-order valence-electron chi connectivity index (χ1n) is 6.29. The molecule has 114 valence electrons. The lowest BCUT2D eigenvalue weighted by molar-refractivity contribution is -0.0214. The molecule has 9 heteroatoms. The summed E-state index contributed by atoms with van der Waals surface area (Å²) >= 11 is 4.57. The van der Waals surface area contributed by atoms with E-state index in [2.05, 4.69) is 25.9 Å². The number of thioether (sulfide) groups is 1. The molecule has 0 saturated carbocycles. The molecule has 0 amide bonds. The van der Waals surface area contributed by atoms with Gasteiger partial charge in [0.25, 0.3) is 0 Å². The van der Waals surface area contributed by atoms with Gasteiger partial charge >= 0.3 is 5.97 Å². The van der Waals surface area contributed by atoms with Crippen LogP contribution < -0.4 is 0 Å². The number of esters is 1. The van der Waals surface area contributed by atoms with E-state index in [1.807, 2.05) is 6.26 Å². The third kappa shape index (κ3) is 2.93. The van der Waals surface area contributed by atoms with Crippen molar-refractivity contribution in [2.75, 3.05) is 19.5 Å². The van der Waals surface area contributed by atoms with Gasteiger partial charge in [0.1, 0.15) is 18.3 Å². The Balaban J connectivity index is 1.72. The van der Waals surface area contributed by atoms with Gasteiger partial charge in [0.05, 0.1) is 17.7 Å². The number of rotatable bonds is 3. The fourth-order valence-electron chi connectivity index (χ4n) is 2.33. The molecule has 21 heavy (non-hydrogen) atoms. The summed E-state index contributed by atoms with van der Waals surface area (Å²) in [6, 6.07) is 0. The van der Waals surface area contributed by atoms with E-state index >= 15 is 0 Å². The summed E-state index contributed by atoms with van der Waals surface area (Å²) in [6.07, 6.45) is 1.26. The molecular weight excluding hydrogens is 364 g/mol. The minimum absolute atomic E-state index is 0.163. The van der Waals surface area contributed by atoms with Crippen LogP contribution in [-0.2, 0) is 14.2 Å². The second-order valence-electron chi connectivity index (χ2n) is 4.66.